The zero-order chi connectivity index (χ0) is 12.9. The van der Waals surface area contributed by atoms with Gasteiger partial charge >= 0.3 is 11.9 Å². The van der Waals surface area contributed by atoms with Crippen LogP contribution in [0.3, 0.4) is 0 Å². The van der Waals surface area contributed by atoms with E-state index in [0.29, 0.717) is 0 Å². The van der Waals surface area contributed by atoms with Gasteiger partial charge in [-0.2, -0.15) is 0 Å². The molecule has 0 saturated carbocycles. The SMILES string of the molecule is CC1(S)OC(=O)COC1=O.Cc1ccccc1. The molecule has 0 aliphatic carbocycles. The standard InChI is InChI=1S/C7H8.C5H6O4S/c1-7-5-3-2-4-6-7;1-5(10)4(7)8-2-3(6)9-5/h2-6H,1H3;10H,2H2,1H3. The number of hydrogen-bond donors (Lipinski definition) is 1. The minimum absolute atomic E-state index is 0.311. The summed E-state index contributed by atoms with van der Waals surface area (Å²) in [7, 11) is 0. The quantitative estimate of drug-likeness (QED) is 0.566. The molecule has 1 fully saturated rings. The van der Waals surface area contributed by atoms with Crippen molar-refractivity contribution in [1.29, 1.82) is 0 Å². The van der Waals surface area contributed by atoms with Crippen molar-refractivity contribution in [2.45, 2.75) is 18.8 Å². The summed E-state index contributed by atoms with van der Waals surface area (Å²) < 4.78 is 8.95. The van der Waals surface area contributed by atoms with Gasteiger partial charge < -0.3 is 9.47 Å². The van der Waals surface area contributed by atoms with E-state index in [1.54, 1.807) is 0 Å². The van der Waals surface area contributed by atoms with Crippen molar-refractivity contribution >= 4 is 24.6 Å². The van der Waals surface area contributed by atoms with Gasteiger partial charge in [-0.05, 0) is 13.8 Å². The average molecular weight is 254 g/mol. The lowest BCUT2D eigenvalue weighted by Gasteiger charge is -2.25. The van der Waals surface area contributed by atoms with Gasteiger partial charge in [0.15, 0.2) is 6.61 Å². The lowest BCUT2D eigenvalue weighted by molar-refractivity contribution is -0.186. The minimum atomic E-state index is -1.41. The predicted octanol–water partition coefficient (Wildman–Crippen LogP) is 1.73. The first-order chi connectivity index (χ1) is 7.92. The van der Waals surface area contributed by atoms with E-state index in [1.165, 1.54) is 12.5 Å². The Kier molecular flexibility index (Phi) is 4.57. The molecule has 0 spiro atoms. The van der Waals surface area contributed by atoms with Crippen molar-refractivity contribution in [3.8, 4) is 0 Å². The van der Waals surface area contributed by atoms with Crippen molar-refractivity contribution in [3.05, 3.63) is 35.9 Å². The zero-order valence-corrected chi connectivity index (χ0v) is 10.6. The maximum absolute atomic E-state index is 10.7. The molecule has 1 aromatic carbocycles. The molecule has 0 amide bonds. The Labute approximate surface area is 105 Å². The summed E-state index contributed by atoms with van der Waals surface area (Å²) in [5.74, 6) is -1.20. The number of benzene rings is 1. The van der Waals surface area contributed by atoms with Crippen molar-refractivity contribution in [2.24, 2.45) is 0 Å². The van der Waals surface area contributed by atoms with Crippen LogP contribution in [0, 0.1) is 6.92 Å². The number of rotatable bonds is 0. The molecule has 1 aliphatic heterocycles. The molecule has 1 saturated heterocycles. The van der Waals surface area contributed by atoms with E-state index in [-0.39, 0.29) is 6.61 Å². The van der Waals surface area contributed by atoms with Crippen LogP contribution >= 0.6 is 12.6 Å². The zero-order valence-electron chi connectivity index (χ0n) is 9.67. The highest BCUT2D eigenvalue weighted by Crippen LogP contribution is 2.20. The second kappa shape index (κ2) is 5.72. The molecule has 1 unspecified atom stereocenters. The summed E-state index contributed by atoms with van der Waals surface area (Å²) in [6, 6.07) is 10.3. The molecule has 92 valence electrons. The Balaban J connectivity index is 0.000000181. The van der Waals surface area contributed by atoms with Crippen LogP contribution in [-0.4, -0.2) is 23.5 Å². The van der Waals surface area contributed by atoms with Crippen LogP contribution in [0.15, 0.2) is 30.3 Å². The van der Waals surface area contributed by atoms with Gasteiger partial charge in [-0.15, -0.1) is 12.6 Å². The second-order valence-electron chi connectivity index (χ2n) is 3.69. The Hall–Kier alpha value is -1.49. The van der Waals surface area contributed by atoms with E-state index in [9.17, 15) is 9.59 Å². The van der Waals surface area contributed by atoms with Gasteiger partial charge in [-0.3, -0.25) is 0 Å². The first-order valence-corrected chi connectivity index (χ1v) is 5.49. The Morgan fingerprint density at radius 3 is 2.18 bits per heavy atom. The highest BCUT2D eigenvalue weighted by Gasteiger charge is 2.39. The van der Waals surface area contributed by atoms with Crippen LogP contribution in [0.25, 0.3) is 0 Å². The first kappa shape index (κ1) is 13.6. The molecule has 0 N–H and O–H groups in total. The maximum Gasteiger partial charge on any atom is 0.361 e. The normalized spacial score (nSPS) is 23.0. The number of carbonyl (C=O) groups is 2. The highest BCUT2D eigenvalue weighted by atomic mass is 32.1. The van der Waals surface area contributed by atoms with Crippen molar-refractivity contribution in [2.75, 3.05) is 6.61 Å². The predicted molar refractivity (Wildman–Crippen MR) is 65.6 cm³/mol. The van der Waals surface area contributed by atoms with Gasteiger partial charge in [0.1, 0.15) is 0 Å². The van der Waals surface area contributed by atoms with Gasteiger partial charge in [0, 0.05) is 0 Å². The van der Waals surface area contributed by atoms with Crippen LogP contribution in [0.1, 0.15) is 12.5 Å². The number of esters is 2. The van der Waals surface area contributed by atoms with Gasteiger partial charge in [-0.1, -0.05) is 35.9 Å². The molecule has 1 aromatic rings. The molecule has 1 atom stereocenters. The van der Waals surface area contributed by atoms with E-state index in [0.717, 1.165) is 0 Å². The number of aryl methyl sites for hydroxylation is 1. The fourth-order valence-corrected chi connectivity index (χ4v) is 1.25. The molecule has 0 bridgehead atoms. The highest BCUT2D eigenvalue weighted by molar-refractivity contribution is 7.82. The lowest BCUT2D eigenvalue weighted by Crippen LogP contribution is -2.43. The Bertz CT molecular complexity index is 400. The second-order valence-corrected chi connectivity index (χ2v) is 4.54. The van der Waals surface area contributed by atoms with Crippen LogP contribution in [0.4, 0.5) is 0 Å². The number of carbonyl (C=O) groups excluding carboxylic acids is 2. The van der Waals surface area contributed by atoms with Gasteiger partial charge in [0.2, 0.25) is 4.93 Å². The number of hydrogen-bond acceptors (Lipinski definition) is 5. The number of thiol groups is 1. The van der Waals surface area contributed by atoms with Crippen LogP contribution < -0.4 is 0 Å². The molecule has 1 heterocycles. The Morgan fingerprint density at radius 2 is 1.82 bits per heavy atom. The summed E-state index contributed by atoms with van der Waals surface area (Å²) >= 11 is 3.75. The molecule has 0 radical (unpaired) electrons. The van der Waals surface area contributed by atoms with Gasteiger partial charge in [0.25, 0.3) is 0 Å². The summed E-state index contributed by atoms with van der Waals surface area (Å²) in [5.41, 5.74) is 1.32. The van der Waals surface area contributed by atoms with Gasteiger partial charge in [0.05, 0.1) is 0 Å². The maximum atomic E-state index is 10.7. The van der Waals surface area contributed by atoms with E-state index < -0.39 is 16.9 Å². The van der Waals surface area contributed by atoms with Gasteiger partial charge in [-0.25, -0.2) is 9.59 Å². The summed E-state index contributed by atoms with van der Waals surface area (Å²) in [4.78, 5) is 19.8. The third-order valence-corrected chi connectivity index (χ3v) is 2.23. The third kappa shape index (κ3) is 4.48. The van der Waals surface area contributed by atoms with Crippen LogP contribution in [0.2, 0.25) is 0 Å². The summed E-state index contributed by atoms with van der Waals surface area (Å²) in [5, 5.41) is 0. The molecule has 0 aromatic heterocycles. The smallest absolute Gasteiger partial charge is 0.361 e. The minimum Gasteiger partial charge on any atom is -0.450 e. The number of ether oxygens (including phenoxy) is 2. The molecule has 2 rings (SSSR count). The molecule has 17 heavy (non-hydrogen) atoms. The van der Waals surface area contributed by atoms with E-state index >= 15 is 0 Å². The molecule has 1 aliphatic rings. The van der Waals surface area contributed by atoms with Crippen molar-refractivity contribution in [3.63, 3.8) is 0 Å². The fraction of sp³-hybridized carbons (Fsp3) is 0.333. The lowest BCUT2D eigenvalue weighted by atomic mass is 10.2. The summed E-state index contributed by atoms with van der Waals surface area (Å²) in [6.45, 7) is 3.13. The molecule has 4 nitrogen and oxygen atoms in total. The van der Waals surface area contributed by atoms with E-state index in [1.807, 2.05) is 18.2 Å². The summed E-state index contributed by atoms with van der Waals surface area (Å²) in [6.07, 6.45) is 0. The largest absolute Gasteiger partial charge is 0.450 e. The third-order valence-electron chi connectivity index (χ3n) is 1.95. The molecular formula is C12H14O4S. The first-order valence-electron chi connectivity index (χ1n) is 5.05. The van der Waals surface area contributed by atoms with Crippen LogP contribution in [0.5, 0.6) is 0 Å². The monoisotopic (exact) mass is 254 g/mol. The Morgan fingerprint density at radius 1 is 1.24 bits per heavy atom. The van der Waals surface area contributed by atoms with E-state index in [4.69, 9.17) is 0 Å². The topological polar surface area (TPSA) is 52.6 Å². The van der Waals surface area contributed by atoms with Crippen molar-refractivity contribution in [1.82, 2.24) is 0 Å². The number of cyclic esters (lactones) is 2. The van der Waals surface area contributed by atoms with Crippen LogP contribution in [-0.2, 0) is 19.1 Å². The molecule has 5 heteroatoms. The fourth-order valence-electron chi connectivity index (χ4n) is 1.09. The average Bonchev–Trinajstić information content (AvgIpc) is 2.25. The van der Waals surface area contributed by atoms with E-state index in [2.05, 4.69) is 41.2 Å². The van der Waals surface area contributed by atoms with Crippen molar-refractivity contribution < 1.29 is 19.1 Å². The molecular weight excluding hydrogens is 240 g/mol.